The third-order valence-corrected chi connectivity index (χ3v) is 3.77. The average molecular weight is 354 g/mol. The van der Waals surface area contributed by atoms with Gasteiger partial charge in [0.1, 0.15) is 23.3 Å². The zero-order chi connectivity index (χ0) is 18.5. The molecule has 6 heteroatoms. The van der Waals surface area contributed by atoms with Gasteiger partial charge in [-0.05, 0) is 36.2 Å². The average Bonchev–Trinajstić information content (AvgIpc) is 2.64. The number of hydrogen-bond donors (Lipinski definition) is 1. The molecule has 6 nitrogen and oxygen atoms in total. The van der Waals surface area contributed by atoms with Crippen molar-refractivity contribution in [2.24, 2.45) is 0 Å². The Bertz CT molecular complexity index is 972. The Balaban J connectivity index is 1.83. The maximum absolute atomic E-state index is 12.6. The summed E-state index contributed by atoms with van der Waals surface area (Å²) >= 11 is 0. The molecule has 0 aliphatic carbocycles. The molecule has 0 amide bonds. The van der Waals surface area contributed by atoms with Crippen LogP contribution in [0.1, 0.15) is 18.9 Å². The first-order valence-electron chi connectivity index (χ1n) is 8.24. The van der Waals surface area contributed by atoms with Crippen LogP contribution in [-0.2, 0) is 11.2 Å². The van der Waals surface area contributed by atoms with Crippen LogP contribution in [0, 0.1) is 0 Å². The van der Waals surface area contributed by atoms with Crippen molar-refractivity contribution in [3.63, 3.8) is 0 Å². The Morgan fingerprint density at radius 2 is 1.85 bits per heavy atom. The van der Waals surface area contributed by atoms with Gasteiger partial charge in [0, 0.05) is 6.07 Å². The van der Waals surface area contributed by atoms with Crippen LogP contribution in [0.2, 0.25) is 0 Å². The van der Waals surface area contributed by atoms with E-state index in [0.29, 0.717) is 22.5 Å². The fraction of sp³-hybridized carbons (Fsp3) is 0.200. The van der Waals surface area contributed by atoms with Crippen LogP contribution in [0.3, 0.4) is 0 Å². The maximum atomic E-state index is 12.6. The summed E-state index contributed by atoms with van der Waals surface area (Å²) in [5.74, 6) is -0.138. The molecule has 0 saturated heterocycles. The van der Waals surface area contributed by atoms with Crippen LogP contribution in [0.4, 0.5) is 0 Å². The fourth-order valence-electron chi connectivity index (χ4n) is 2.54. The predicted octanol–water partition coefficient (Wildman–Crippen LogP) is 4.00. The molecule has 0 radical (unpaired) electrons. The van der Waals surface area contributed by atoms with Crippen molar-refractivity contribution in [1.82, 2.24) is 0 Å². The van der Waals surface area contributed by atoms with Crippen molar-refractivity contribution in [3.05, 3.63) is 64.5 Å². The molecule has 3 rings (SSSR count). The molecular weight excluding hydrogens is 336 g/mol. The number of carboxylic acids is 1. The maximum Gasteiger partial charge on any atom is 0.341 e. The van der Waals surface area contributed by atoms with Crippen LogP contribution in [-0.4, -0.2) is 17.7 Å². The van der Waals surface area contributed by atoms with E-state index in [0.717, 1.165) is 12.8 Å². The molecule has 1 N–H and O–H groups in total. The lowest BCUT2D eigenvalue weighted by molar-refractivity contribution is -0.139. The van der Waals surface area contributed by atoms with Gasteiger partial charge in [-0.2, -0.15) is 0 Å². The van der Waals surface area contributed by atoms with Crippen LogP contribution in [0.25, 0.3) is 11.0 Å². The van der Waals surface area contributed by atoms with Gasteiger partial charge < -0.3 is 19.0 Å². The lowest BCUT2D eigenvalue weighted by Gasteiger charge is -2.07. The van der Waals surface area contributed by atoms with Crippen LogP contribution < -0.4 is 14.9 Å². The van der Waals surface area contributed by atoms with Gasteiger partial charge in [0.15, 0.2) is 6.61 Å². The third-order valence-electron chi connectivity index (χ3n) is 3.77. The molecule has 26 heavy (non-hydrogen) atoms. The molecular formula is C20H18O6. The molecule has 1 heterocycles. The number of aryl methyl sites for hydroxylation is 1. The molecule has 0 bridgehead atoms. The van der Waals surface area contributed by atoms with Gasteiger partial charge in [0.25, 0.3) is 0 Å². The van der Waals surface area contributed by atoms with Gasteiger partial charge in [-0.15, -0.1) is 0 Å². The van der Waals surface area contributed by atoms with Gasteiger partial charge in [-0.3, -0.25) is 4.79 Å². The van der Waals surface area contributed by atoms with E-state index in [4.69, 9.17) is 19.0 Å². The zero-order valence-electron chi connectivity index (χ0n) is 14.2. The number of aliphatic carboxylic acids is 1. The van der Waals surface area contributed by atoms with Gasteiger partial charge in [-0.25, -0.2) is 4.79 Å². The van der Waals surface area contributed by atoms with Crippen molar-refractivity contribution >= 4 is 16.9 Å². The number of carboxylic acid groups (broad SMARTS) is 1. The normalized spacial score (nSPS) is 10.7. The summed E-state index contributed by atoms with van der Waals surface area (Å²) in [5, 5.41) is 8.97. The van der Waals surface area contributed by atoms with Crippen molar-refractivity contribution in [1.29, 1.82) is 0 Å². The number of benzene rings is 2. The molecule has 0 unspecified atom stereocenters. The summed E-state index contributed by atoms with van der Waals surface area (Å²) in [7, 11) is 0. The highest BCUT2D eigenvalue weighted by Crippen LogP contribution is 2.24. The summed E-state index contributed by atoms with van der Waals surface area (Å²) in [6.45, 7) is 1.65. The van der Waals surface area contributed by atoms with E-state index < -0.39 is 12.6 Å². The Morgan fingerprint density at radius 1 is 1.12 bits per heavy atom. The summed E-state index contributed by atoms with van der Waals surface area (Å²) in [6, 6.07) is 12.1. The molecule has 1 aromatic heterocycles. The van der Waals surface area contributed by atoms with Gasteiger partial charge >= 0.3 is 5.97 Å². The molecule has 134 valence electrons. The van der Waals surface area contributed by atoms with Crippen molar-refractivity contribution < 1.29 is 23.8 Å². The van der Waals surface area contributed by atoms with E-state index >= 15 is 0 Å². The van der Waals surface area contributed by atoms with Gasteiger partial charge in [0.2, 0.25) is 11.2 Å². The molecule has 0 aliphatic heterocycles. The summed E-state index contributed by atoms with van der Waals surface area (Å²) in [6.07, 6.45) is 3.29. The minimum atomic E-state index is -1.08. The molecule has 0 aliphatic rings. The van der Waals surface area contributed by atoms with E-state index in [1.54, 1.807) is 0 Å². The SMILES string of the molecule is CCCc1ccc(Oc2coc3cc(OCC(=O)O)ccc3c2=O)cc1. The van der Waals surface area contributed by atoms with Gasteiger partial charge in [0.05, 0.1) is 5.39 Å². The minimum absolute atomic E-state index is 0.0833. The minimum Gasteiger partial charge on any atom is -0.482 e. The molecule has 0 saturated carbocycles. The Morgan fingerprint density at radius 3 is 2.54 bits per heavy atom. The second-order valence-corrected chi connectivity index (χ2v) is 5.77. The predicted molar refractivity (Wildman–Crippen MR) is 96.1 cm³/mol. The standard InChI is InChI=1S/C20H18O6/c1-2-3-13-4-6-14(7-5-13)26-18-11-25-17-10-15(24-12-19(21)22)8-9-16(17)20(18)23/h4-11H,2-3,12H2,1H3,(H,21,22). The second kappa shape index (κ2) is 7.74. The van der Waals surface area contributed by atoms with Crippen molar-refractivity contribution in [2.75, 3.05) is 6.61 Å². The summed E-state index contributed by atoms with van der Waals surface area (Å²) < 4.78 is 16.2. The van der Waals surface area contributed by atoms with E-state index in [1.165, 1.54) is 30.0 Å². The number of hydrogen-bond acceptors (Lipinski definition) is 5. The van der Waals surface area contributed by atoms with Crippen molar-refractivity contribution in [3.8, 4) is 17.2 Å². The van der Waals surface area contributed by atoms with E-state index in [-0.39, 0.29) is 11.2 Å². The Kier molecular flexibility index (Phi) is 5.22. The van der Waals surface area contributed by atoms with Crippen molar-refractivity contribution in [2.45, 2.75) is 19.8 Å². The monoisotopic (exact) mass is 354 g/mol. The highest BCUT2D eigenvalue weighted by molar-refractivity contribution is 5.79. The first kappa shape index (κ1) is 17.5. The first-order valence-corrected chi connectivity index (χ1v) is 8.24. The van der Waals surface area contributed by atoms with Crippen LogP contribution in [0.5, 0.6) is 17.2 Å². The number of ether oxygens (including phenoxy) is 2. The van der Waals surface area contributed by atoms with E-state index in [2.05, 4.69) is 6.92 Å². The Hall–Kier alpha value is -3.28. The topological polar surface area (TPSA) is 86.0 Å². The van der Waals surface area contributed by atoms with Gasteiger partial charge in [-0.1, -0.05) is 25.5 Å². The van der Waals surface area contributed by atoms with E-state index in [9.17, 15) is 9.59 Å². The molecule has 2 aromatic carbocycles. The number of carbonyl (C=O) groups is 1. The molecule has 3 aromatic rings. The lowest BCUT2D eigenvalue weighted by atomic mass is 10.1. The number of fused-ring (bicyclic) bond motifs is 1. The smallest absolute Gasteiger partial charge is 0.341 e. The molecule has 0 fully saturated rings. The fourth-order valence-corrected chi connectivity index (χ4v) is 2.54. The molecule has 0 atom stereocenters. The van der Waals surface area contributed by atoms with Crippen LogP contribution >= 0.6 is 0 Å². The third kappa shape index (κ3) is 4.03. The number of rotatable bonds is 7. The zero-order valence-corrected chi connectivity index (χ0v) is 14.2. The van der Waals surface area contributed by atoms with Crippen LogP contribution in [0.15, 0.2) is 57.9 Å². The highest BCUT2D eigenvalue weighted by atomic mass is 16.5. The summed E-state index contributed by atoms with van der Waals surface area (Å²) in [4.78, 5) is 23.1. The first-order chi connectivity index (χ1) is 12.6. The largest absolute Gasteiger partial charge is 0.482 e. The second-order valence-electron chi connectivity index (χ2n) is 5.77. The quantitative estimate of drug-likeness (QED) is 0.690. The summed E-state index contributed by atoms with van der Waals surface area (Å²) in [5.41, 5.74) is 1.19. The highest BCUT2D eigenvalue weighted by Gasteiger charge is 2.11. The van der Waals surface area contributed by atoms with E-state index in [1.807, 2.05) is 24.3 Å². The lowest BCUT2D eigenvalue weighted by Crippen LogP contribution is -2.09. The Labute approximate surface area is 149 Å². The molecule has 0 spiro atoms.